The lowest BCUT2D eigenvalue weighted by Gasteiger charge is -2.28. The van der Waals surface area contributed by atoms with Crippen molar-refractivity contribution in [2.75, 3.05) is 42.4 Å². The minimum Gasteiger partial charge on any atom is -0.497 e. The number of rotatable bonds is 10. The molecule has 0 aliphatic carbocycles. The average Bonchev–Trinajstić information content (AvgIpc) is 3.80. The molecule has 0 unspecified atom stereocenters. The molecule has 55 heavy (non-hydrogen) atoms. The molecule has 0 fully saturated rings. The lowest BCUT2D eigenvalue weighted by Crippen LogP contribution is -2.39. The number of carbonyl (C=O) groups excluding carboxylic acids is 4. The quantitative estimate of drug-likeness (QED) is 0.183. The lowest BCUT2D eigenvalue weighted by molar-refractivity contribution is 0.0964. The highest BCUT2D eigenvalue weighted by Gasteiger charge is 2.36. The summed E-state index contributed by atoms with van der Waals surface area (Å²) in [5, 5.41) is 12.2. The average molecular weight is 738 g/mol. The van der Waals surface area contributed by atoms with Crippen LogP contribution in [0, 0.1) is 0 Å². The molecule has 6 aromatic rings. The van der Waals surface area contributed by atoms with E-state index in [1.807, 2.05) is 48.5 Å². The summed E-state index contributed by atoms with van der Waals surface area (Å²) < 4.78 is 13.5. The Kier molecular flexibility index (Phi) is 8.73. The van der Waals surface area contributed by atoms with Gasteiger partial charge in [0, 0.05) is 47.0 Å². The number of aromatic nitrogens is 4. The fourth-order valence-corrected chi connectivity index (χ4v) is 7.04. The first-order valence-corrected chi connectivity index (χ1v) is 17.4. The molecule has 15 nitrogen and oxygen atoms in total. The first-order valence-electron chi connectivity index (χ1n) is 17.4. The van der Waals surface area contributed by atoms with Gasteiger partial charge in [-0.15, -0.1) is 0 Å². The van der Waals surface area contributed by atoms with Gasteiger partial charge in [0.2, 0.25) is 0 Å². The maximum atomic E-state index is 14.0. The molecule has 0 saturated heterocycles. The molecule has 15 heteroatoms. The molecular formula is C40H35N9O6. The van der Waals surface area contributed by atoms with Crippen molar-refractivity contribution in [1.82, 2.24) is 19.6 Å². The maximum absolute atomic E-state index is 14.0. The number of hydrogen-bond donors (Lipinski definition) is 3. The third-order valence-corrected chi connectivity index (χ3v) is 9.78. The molecule has 4 aromatic carbocycles. The van der Waals surface area contributed by atoms with Gasteiger partial charge in [0.1, 0.15) is 22.9 Å². The van der Waals surface area contributed by atoms with Gasteiger partial charge in [0.15, 0.2) is 11.4 Å². The predicted molar refractivity (Wildman–Crippen MR) is 204 cm³/mol. The Labute approximate surface area is 314 Å². The Hall–Kier alpha value is -7.42. The van der Waals surface area contributed by atoms with Crippen LogP contribution in [0.5, 0.6) is 11.5 Å². The first kappa shape index (κ1) is 34.7. The second kappa shape index (κ2) is 13.9. The van der Waals surface area contributed by atoms with E-state index in [0.717, 1.165) is 11.4 Å². The summed E-state index contributed by atoms with van der Waals surface area (Å²) in [6.45, 7) is 0.687. The van der Waals surface area contributed by atoms with E-state index in [0.29, 0.717) is 71.3 Å². The second-order valence-corrected chi connectivity index (χ2v) is 12.9. The number of amides is 4. The molecule has 0 atom stereocenters. The van der Waals surface area contributed by atoms with E-state index >= 15 is 0 Å². The summed E-state index contributed by atoms with van der Waals surface area (Å²) in [6.07, 6.45) is 0.803. The topological polar surface area (TPSA) is 193 Å². The van der Waals surface area contributed by atoms with Crippen LogP contribution in [0.15, 0.2) is 97.1 Å². The van der Waals surface area contributed by atoms with Crippen molar-refractivity contribution in [3.8, 4) is 22.9 Å². The number of nitrogens with one attached hydrogen (secondary N) is 1. The third-order valence-electron chi connectivity index (χ3n) is 9.78. The van der Waals surface area contributed by atoms with Crippen LogP contribution in [-0.4, -0.2) is 70.5 Å². The van der Waals surface area contributed by atoms with Crippen LogP contribution < -0.4 is 36.1 Å². The van der Waals surface area contributed by atoms with Gasteiger partial charge in [-0.05, 0) is 110 Å². The number of benzene rings is 4. The first-order chi connectivity index (χ1) is 26.6. The van der Waals surface area contributed by atoms with Crippen molar-refractivity contribution in [2.45, 2.75) is 12.8 Å². The van der Waals surface area contributed by atoms with Crippen LogP contribution in [0.25, 0.3) is 11.4 Å². The minimum absolute atomic E-state index is 0.0798. The maximum Gasteiger partial charge on any atom is 0.277 e. The molecular weight excluding hydrogens is 702 g/mol. The fraction of sp³-hybridized carbons (Fsp3) is 0.150. The number of hydrogen-bond acceptors (Lipinski definition) is 9. The van der Waals surface area contributed by atoms with Crippen LogP contribution in [0.2, 0.25) is 0 Å². The number of fused-ring (bicyclic) bond motifs is 2. The monoisotopic (exact) mass is 737 g/mol. The van der Waals surface area contributed by atoms with E-state index in [-0.39, 0.29) is 34.6 Å². The van der Waals surface area contributed by atoms with Gasteiger partial charge in [0.25, 0.3) is 23.6 Å². The van der Waals surface area contributed by atoms with Gasteiger partial charge in [-0.3, -0.25) is 19.2 Å². The van der Waals surface area contributed by atoms with Gasteiger partial charge < -0.3 is 36.1 Å². The highest BCUT2D eigenvalue weighted by Crippen LogP contribution is 2.33. The van der Waals surface area contributed by atoms with Crippen LogP contribution >= 0.6 is 0 Å². The molecule has 276 valence electrons. The van der Waals surface area contributed by atoms with Gasteiger partial charge in [-0.25, -0.2) is 9.36 Å². The van der Waals surface area contributed by atoms with Crippen molar-refractivity contribution in [2.24, 2.45) is 11.5 Å². The van der Waals surface area contributed by atoms with Crippen LogP contribution in [-0.2, 0) is 12.8 Å². The van der Waals surface area contributed by atoms with E-state index in [4.69, 9.17) is 20.9 Å². The summed E-state index contributed by atoms with van der Waals surface area (Å²) in [5.41, 5.74) is 17.2. The van der Waals surface area contributed by atoms with E-state index in [9.17, 15) is 19.2 Å². The summed E-state index contributed by atoms with van der Waals surface area (Å²) >= 11 is 0. The SMILES string of the molecule is COc1ccc(-n2nc(C(N)=O)c3c2C(=O)N(c2ccc(Nc4ccc(N5CCc6c(C(N)=O)nn(-c7ccc(OC)cc7)c6C5=O)cc4)cc2)CC3)cc1. The third kappa shape index (κ3) is 6.16. The highest BCUT2D eigenvalue weighted by molar-refractivity contribution is 6.10. The summed E-state index contributed by atoms with van der Waals surface area (Å²) in [7, 11) is 3.13. The Morgan fingerprint density at radius 1 is 0.564 bits per heavy atom. The second-order valence-electron chi connectivity index (χ2n) is 12.9. The molecule has 2 aliphatic rings. The lowest BCUT2D eigenvalue weighted by atomic mass is 10.0. The number of anilines is 4. The van der Waals surface area contributed by atoms with E-state index in [1.165, 1.54) is 9.36 Å². The standard InChI is InChI=1S/C40H35N9O6/c1-54-29-15-11-27(12-16-29)48-35-31(33(44-48)37(41)50)19-21-46(39(35)52)25-7-3-23(4-8-25)43-24-5-9-26(10-6-24)47-22-20-32-34(38(42)51)45-49(36(32)40(47)53)28-13-17-30(55-2)18-14-28/h3-18,43H,19-22H2,1-2H3,(H2,41,50)(H2,42,51). The predicted octanol–water partition coefficient (Wildman–Crippen LogP) is 4.42. The number of ether oxygens (including phenoxy) is 2. The van der Waals surface area contributed by atoms with Gasteiger partial charge in [0.05, 0.1) is 25.6 Å². The van der Waals surface area contributed by atoms with E-state index < -0.39 is 11.8 Å². The van der Waals surface area contributed by atoms with Gasteiger partial charge in [-0.2, -0.15) is 10.2 Å². The minimum atomic E-state index is -0.694. The Bertz CT molecular complexity index is 2300. The van der Waals surface area contributed by atoms with Crippen molar-refractivity contribution in [3.05, 3.63) is 131 Å². The normalized spacial score (nSPS) is 13.6. The summed E-state index contributed by atoms with van der Waals surface area (Å²) in [5.74, 6) is -0.702. The molecule has 0 radical (unpaired) electrons. The molecule has 2 aromatic heterocycles. The van der Waals surface area contributed by atoms with E-state index in [1.54, 1.807) is 72.6 Å². The molecule has 0 saturated carbocycles. The number of nitrogens with two attached hydrogens (primary N) is 2. The summed E-state index contributed by atoms with van der Waals surface area (Å²) in [6, 6.07) is 28.9. The Morgan fingerprint density at radius 2 is 0.909 bits per heavy atom. The molecule has 4 heterocycles. The van der Waals surface area contributed by atoms with Crippen molar-refractivity contribution < 1.29 is 28.7 Å². The zero-order valence-electron chi connectivity index (χ0n) is 29.9. The van der Waals surface area contributed by atoms with Crippen molar-refractivity contribution in [3.63, 3.8) is 0 Å². The molecule has 2 aliphatic heterocycles. The van der Waals surface area contributed by atoms with Crippen molar-refractivity contribution in [1.29, 1.82) is 0 Å². The van der Waals surface area contributed by atoms with Gasteiger partial charge >= 0.3 is 0 Å². The number of methoxy groups -OCH3 is 2. The molecule has 0 spiro atoms. The largest absolute Gasteiger partial charge is 0.497 e. The van der Waals surface area contributed by atoms with E-state index in [2.05, 4.69) is 15.5 Å². The molecule has 0 bridgehead atoms. The highest BCUT2D eigenvalue weighted by atomic mass is 16.5. The number of nitrogens with zero attached hydrogens (tertiary/aromatic N) is 6. The number of carbonyl (C=O) groups is 4. The zero-order chi connectivity index (χ0) is 38.4. The van der Waals surface area contributed by atoms with Crippen LogP contribution in [0.1, 0.15) is 53.1 Å². The fourth-order valence-electron chi connectivity index (χ4n) is 7.04. The van der Waals surface area contributed by atoms with Crippen LogP contribution in [0.4, 0.5) is 22.7 Å². The van der Waals surface area contributed by atoms with Crippen molar-refractivity contribution >= 4 is 46.4 Å². The van der Waals surface area contributed by atoms with Gasteiger partial charge in [-0.1, -0.05) is 0 Å². The molecule has 4 amide bonds. The zero-order valence-corrected chi connectivity index (χ0v) is 29.9. The summed E-state index contributed by atoms with van der Waals surface area (Å²) in [4.78, 5) is 55.8. The smallest absolute Gasteiger partial charge is 0.277 e. The molecule has 8 rings (SSSR count). The Balaban J connectivity index is 0.989. The Morgan fingerprint density at radius 3 is 1.24 bits per heavy atom. The molecule has 5 N–H and O–H groups in total. The van der Waals surface area contributed by atoms with Crippen LogP contribution in [0.3, 0.4) is 0 Å². The number of primary amides is 2.